The van der Waals surface area contributed by atoms with Gasteiger partial charge in [0.2, 0.25) is 0 Å². The molecule has 6 nitrogen and oxygen atoms in total. The molecule has 0 aromatic heterocycles. The van der Waals surface area contributed by atoms with Gasteiger partial charge in [0.1, 0.15) is 6.10 Å². The van der Waals surface area contributed by atoms with Crippen LogP contribution in [0, 0.1) is 5.92 Å². The summed E-state index contributed by atoms with van der Waals surface area (Å²) < 4.78 is 11.3. The van der Waals surface area contributed by atoms with Crippen LogP contribution in [-0.2, 0) is 0 Å². The third kappa shape index (κ3) is 6.41. The summed E-state index contributed by atoms with van der Waals surface area (Å²) in [4.78, 5) is 6.86. The topological polar surface area (TPSA) is 58.1 Å². The van der Waals surface area contributed by atoms with Gasteiger partial charge in [0.05, 0.1) is 13.7 Å². The SMILES string of the molecule is CCCN1CCC(CNC(=NC)NCC(C)Oc2ccccc2OC)C1. The van der Waals surface area contributed by atoms with Gasteiger partial charge in [-0.05, 0) is 50.9 Å². The fourth-order valence-corrected chi connectivity index (χ4v) is 3.28. The molecule has 1 aromatic rings. The molecule has 1 aromatic carbocycles. The molecule has 2 N–H and O–H groups in total. The summed E-state index contributed by atoms with van der Waals surface area (Å²) in [6, 6.07) is 7.71. The summed E-state index contributed by atoms with van der Waals surface area (Å²) in [5.74, 6) is 3.03. The second kappa shape index (κ2) is 10.9. The average Bonchev–Trinajstić information content (AvgIpc) is 3.10. The lowest BCUT2D eigenvalue weighted by Gasteiger charge is -2.20. The van der Waals surface area contributed by atoms with Crippen molar-refractivity contribution in [1.82, 2.24) is 15.5 Å². The Kier molecular flexibility index (Phi) is 8.54. The number of hydrogen-bond acceptors (Lipinski definition) is 4. The Balaban J connectivity index is 1.71. The van der Waals surface area contributed by atoms with Gasteiger partial charge in [-0.2, -0.15) is 0 Å². The molecule has 0 bridgehead atoms. The molecule has 2 rings (SSSR count). The van der Waals surface area contributed by atoms with Crippen molar-refractivity contribution in [2.24, 2.45) is 10.9 Å². The summed E-state index contributed by atoms with van der Waals surface area (Å²) in [5.41, 5.74) is 0. The van der Waals surface area contributed by atoms with Gasteiger partial charge in [0, 0.05) is 20.1 Å². The van der Waals surface area contributed by atoms with E-state index in [-0.39, 0.29) is 6.10 Å². The molecule has 1 heterocycles. The lowest BCUT2D eigenvalue weighted by Crippen LogP contribution is -2.43. The van der Waals surface area contributed by atoms with Gasteiger partial charge in [-0.25, -0.2) is 0 Å². The van der Waals surface area contributed by atoms with Gasteiger partial charge in [0.15, 0.2) is 17.5 Å². The lowest BCUT2D eigenvalue weighted by molar-refractivity contribution is 0.213. The number of hydrogen-bond donors (Lipinski definition) is 2. The molecule has 0 radical (unpaired) electrons. The Morgan fingerprint density at radius 2 is 2.08 bits per heavy atom. The average molecular weight is 363 g/mol. The van der Waals surface area contributed by atoms with Gasteiger partial charge >= 0.3 is 0 Å². The Hall–Kier alpha value is -1.95. The van der Waals surface area contributed by atoms with Crippen LogP contribution in [0.2, 0.25) is 0 Å². The van der Waals surface area contributed by atoms with Crippen molar-refractivity contribution in [3.8, 4) is 11.5 Å². The molecule has 0 saturated carbocycles. The first kappa shape index (κ1) is 20.4. The van der Waals surface area contributed by atoms with Crippen molar-refractivity contribution in [2.45, 2.75) is 32.8 Å². The highest BCUT2D eigenvalue weighted by Crippen LogP contribution is 2.26. The van der Waals surface area contributed by atoms with Crippen molar-refractivity contribution < 1.29 is 9.47 Å². The lowest BCUT2D eigenvalue weighted by atomic mass is 10.1. The van der Waals surface area contributed by atoms with E-state index in [0.29, 0.717) is 12.5 Å². The summed E-state index contributed by atoms with van der Waals surface area (Å²) in [6.45, 7) is 9.52. The maximum absolute atomic E-state index is 5.97. The van der Waals surface area contributed by atoms with E-state index in [1.54, 1.807) is 14.2 Å². The number of likely N-dealkylation sites (tertiary alicyclic amines) is 1. The molecule has 146 valence electrons. The Bertz CT molecular complexity index is 564. The summed E-state index contributed by atoms with van der Waals surface area (Å²) in [5, 5.41) is 6.79. The smallest absolute Gasteiger partial charge is 0.191 e. The summed E-state index contributed by atoms with van der Waals surface area (Å²) >= 11 is 0. The van der Waals surface area contributed by atoms with Gasteiger partial charge in [-0.3, -0.25) is 4.99 Å². The maximum atomic E-state index is 5.97. The molecular weight excluding hydrogens is 328 g/mol. The van der Waals surface area contributed by atoms with Gasteiger partial charge < -0.3 is 25.0 Å². The highest BCUT2D eigenvalue weighted by molar-refractivity contribution is 5.79. The number of nitrogens with zero attached hydrogens (tertiary/aromatic N) is 2. The van der Waals surface area contributed by atoms with E-state index >= 15 is 0 Å². The molecule has 0 aliphatic carbocycles. The molecule has 1 saturated heterocycles. The fourth-order valence-electron chi connectivity index (χ4n) is 3.28. The van der Waals surface area contributed by atoms with Crippen molar-refractivity contribution in [1.29, 1.82) is 0 Å². The Morgan fingerprint density at radius 3 is 2.77 bits per heavy atom. The van der Waals surface area contributed by atoms with Crippen LogP contribution in [0.1, 0.15) is 26.7 Å². The zero-order chi connectivity index (χ0) is 18.8. The van der Waals surface area contributed by atoms with Crippen molar-refractivity contribution in [3.63, 3.8) is 0 Å². The van der Waals surface area contributed by atoms with Crippen LogP contribution in [-0.4, -0.2) is 63.8 Å². The van der Waals surface area contributed by atoms with Gasteiger partial charge in [-0.15, -0.1) is 0 Å². The molecule has 26 heavy (non-hydrogen) atoms. The monoisotopic (exact) mass is 362 g/mol. The third-order valence-electron chi connectivity index (χ3n) is 4.65. The molecular formula is C20H34N4O2. The third-order valence-corrected chi connectivity index (χ3v) is 4.65. The second-order valence-corrected chi connectivity index (χ2v) is 6.87. The standard InChI is InChI=1S/C20H34N4O2/c1-5-11-24-12-10-17(15-24)14-23-20(21-3)22-13-16(2)26-19-9-7-6-8-18(19)25-4/h6-9,16-17H,5,10-15H2,1-4H3,(H2,21,22,23). The number of guanidine groups is 1. The number of methoxy groups -OCH3 is 1. The van der Waals surface area contributed by atoms with Crippen LogP contribution in [0.4, 0.5) is 0 Å². The van der Waals surface area contributed by atoms with Crippen LogP contribution in [0.5, 0.6) is 11.5 Å². The van der Waals surface area contributed by atoms with Crippen LogP contribution < -0.4 is 20.1 Å². The largest absolute Gasteiger partial charge is 0.493 e. The van der Waals surface area contributed by atoms with E-state index in [1.165, 1.54) is 32.5 Å². The fraction of sp³-hybridized carbons (Fsp3) is 0.650. The van der Waals surface area contributed by atoms with Crippen molar-refractivity contribution in [2.75, 3.05) is 46.9 Å². The highest BCUT2D eigenvalue weighted by Gasteiger charge is 2.21. The molecule has 2 unspecified atom stereocenters. The first-order valence-corrected chi connectivity index (χ1v) is 9.62. The number of aliphatic imine (C=N–C) groups is 1. The van der Waals surface area contributed by atoms with Crippen molar-refractivity contribution in [3.05, 3.63) is 24.3 Å². The van der Waals surface area contributed by atoms with E-state index < -0.39 is 0 Å². The Labute approximate surface area is 158 Å². The van der Waals surface area contributed by atoms with Crippen LogP contribution in [0.15, 0.2) is 29.3 Å². The molecule has 1 fully saturated rings. The van der Waals surface area contributed by atoms with E-state index in [1.807, 2.05) is 31.2 Å². The highest BCUT2D eigenvalue weighted by atomic mass is 16.5. The molecule has 1 aliphatic rings. The molecule has 0 amide bonds. The summed E-state index contributed by atoms with van der Waals surface area (Å²) in [6.07, 6.45) is 2.49. The predicted octanol–water partition coefficient (Wildman–Crippen LogP) is 2.36. The number of rotatable bonds is 9. The van der Waals surface area contributed by atoms with Gasteiger partial charge in [0.25, 0.3) is 0 Å². The van der Waals surface area contributed by atoms with Gasteiger partial charge in [-0.1, -0.05) is 19.1 Å². The molecule has 0 spiro atoms. The summed E-state index contributed by atoms with van der Waals surface area (Å²) in [7, 11) is 3.46. The number of para-hydroxylation sites is 2. The zero-order valence-corrected chi connectivity index (χ0v) is 16.6. The number of ether oxygens (including phenoxy) is 2. The van der Waals surface area contributed by atoms with Crippen molar-refractivity contribution >= 4 is 5.96 Å². The number of benzene rings is 1. The van der Waals surface area contributed by atoms with Crippen LogP contribution in [0.25, 0.3) is 0 Å². The minimum atomic E-state index is -0.00336. The van der Waals surface area contributed by atoms with Crippen LogP contribution >= 0.6 is 0 Å². The molecule has 2 atom stereocenters. The maximum Gasteiger partial charge on any atom is 0.191 e. The zero-order valence-electron chi connectivity index (χ0n) is 16.6. The Morgan fingerprint density at radius 1 is 1.31 bits per heavy atom. The van der Waals surface area contributed by atoms with E-state index in [9.17, 15) is 0 Å². The van der Waals surface area contributed by atoms with E-state index in [0.717, 1.165) is 24.0 Å². The quantitative estimate of drug-likeness (QED) is 0.522. The first-order chi connectivity index (χ1) is 12.7. The van der Waals surface area contributed by atoms with E-state index in [2.05, 4.69) is 27.4 Å². The minimum absolute atomic E-state index is 0.00336. The minimum Gasteiger partial charge on any atom is -0.493 e. The normalized spacial score (nSPS) is 19.2. The van der Waals surface area contributed by atoms with Crippen LogP contribution in [0.3, 0.4) is 0 Å². The second-order valence-electron chi connectivity index (χ2n) is 6.87. The molecule has 1 aliphatic heterocycles. The molecule has 6 heteroatoms. The first-order valence-electron chi connectivity index (χ1n) is 9.62. The van der Waals surface area contributed by atoms with E-state index in [4.69, 9.17) is 9.47 Å². The predicted molar refractivity (Wildman–Crippen MR) is 107 cm³/mol. The number of nitrogens with one attached hydrogen (secondary N) is 2.